The van der Waals surface area contributed by atoms with Crippen LogP contribution in [0.1, 0.15) is 20.7 Å². The van der Waals surface area contributed by atoms with E-state index < -0.39 is 61.9 Å². The number of carboxylic acid groups (broad SMARTS) is 2. The number of benzene rings is 1. The summed E-state index contributed by atoms with van der Waals surface area (Å²) in [5.41, 5.74) is 0.666. The van der Waals surface area contributed by atoms with Crippen LogP contribution in [-0.4, -0.2) is 37.2 Å². The number of nitrogens with two attached hydrogens (primary N) is 1. The number of aromatic amines is 1. The van der Waals surface area contributed by atoms with E-state index in [0.29, 0.717) is 0 Å². The Bertz CT molecular complexity index is 998. The molecule has 1 aromatic carbocycles. The minimum Gasteiger partial charge on any atom is -0.506 e. The zero-order valence-corrected chi connectivity index (χ0v) is 14.1. The van der Waals surface area contributed by atoms with E-state index in [1.165, 1.54) is 0 Å². The SMILES string of the molecule is Nc1[nH]c(=O)c(C(=O)O)c(-c2cc([N+](=O)[O-])cc(I)c2O)c1C(=O)O. The Balaban J connectivity index is 3.11. The molecule has 0 aliphatic rings. The van der Waals surface area contributed by atoms with Crippen LogP contribution in [0.15, 0.2) is 16.9 Å². The van der Waals surface area contributed by atoms with Crippen LogP contribution in [0, 0.1) is 13.7 Å². The third-order valence-electron chi connectivity index (χ3n) is 3.20. The zero-order valence-electron chi connectivity index (χ0n) is 11.9. The molecule has 2 rings (SSSR count). The Morgan fingerprint density at radius 2 is 1.76 bits per heavy atom. The standard InChI is InChI=1S/C13H8IN3O8/c14-5-2-3(17(24)25)1-4(9(5)18)6-7(12(20)21)10(15)16-11(19)8(6)13(22)23/h1-2,18H,(H,20,21)(H,22,23)(H3,15,16,19). The number of aromatic carboxylic acids is 2. The molecule has 11 nitrogen and oxygen atoms in total. The van der Waals surface area contributed by atoms with Gasteiger partial charge < -0.3 is 26.0 Å². The van der Waals surface area contributed by atoms with E-state index >= 15 is 0 Å². The average Bonchev–Trinajstić information content (AvgIpc) is 2.47. The van der Waals surface area contributed by atoms with E-state index in [1.807, 2.05) is 4.98 Å². The number of phenolic OH excluding ortho intramolecular Hbond substituents is 1. The number of aromatic nitrogens is 1. The van der Waals surface area contributed by atoms with Gasteiger partial charge in [0.15, 0.2) is 0 Å². The number of H-pyrrole nitrogens is 1. The number of carbonyl (C=O) groups is 2. The number of anilines is 1. The van der Waals surface area contributed by atoms with Gasteiger partial charge in [-0.25, -0.2) is 9.59 Å². The van der Waals surface area contributed by atoms with Crippen molar-refractivity contribution in [1.29, 1.82) is 0 Å². The monoisotopic (exact) mass is 461 g/mol. The number of non-ortho nitro benzene ring substituents is 1. The molecular weight excluding hydrogens is 453 g/mol. The van der Waals surface area contributed by atoms with E-state index in [-0.39, 0.29) is 3.57 Å². The lowest BCUT2D eigenvalue weighted by atomic mass is 9.94. The van der Waals surface area contributed by atoms with Gasteiger partial charge in [0, 0.05) is 23.3 Å². The fraction of sp³-hybridized carbons (Fsp3) is 0. The fourth-order valence-corrected chi connectivity index (χ4v) is 2.81. The van der Waals surface area contributed by atoms with E-state index in [0.717, 1.165) is 12.1 Å². The summed E-state index contributed by atoms with van der Waals surface area (Å²) in [4.78, 5) is 47.0. The highest BCUT2D eigenvalue weighted by Crippen LogP contribution is 2.40. The number of rotatable bonds is 4. The van der Waals surface area contributed by atoms with Gasteiger partial charge in [0.25, 0.3) is 11.2 Å². The molecular formula is C13H8IN3O8. The van der Waals surface area contributed by atoms with Gasteiger partial charge in [-0.3, -0.25) is 14.9 Å². The van der Waals surface area contributed by atoms with E-state index in [1.54, 1.807) is 22.6 Å². The first-order valence-corrected chi connectivity index (χ1v) is 7.33. The topological polar surface area (TPSA) is 197 Å². The minimum atomic E-state index is -1.79. The van der Waals surface area contributed by atoms with Crippen LogP contribution >= 0.6 is 22.6 Å². The largest absolute Gasteiger partial charge is 0.506 e. The van der Waals surface area contributed by atoms with Crippen molar-refractivity contribution in [3.05, 3.63) is 47.3 Å². The predicted octanol–water partition coefficient (Wildman–Crippen LogP) is 1.24. The third-order valence-corrected chi connectivity index (χ3v) is 4.02. The number of nitrogens with one attached hydrogen (secondary N) is 1. The van der Waals surface area contributed by atoms with Crippen molar-refractivity contribution in [3.63, 3.8) is 0 Å². The van der Waals surface area contributed by atoms with Gasteiger partial charge in [0.05, 0.1) is 8.49 Å². The Morgan fingerprint density at radius 3 is 2.24 bits per heavy atom. The maximum absolute atomic E-state index is 11.9. The van der Waals surface area contributed by atoms with Crippen LogP contribution in [0.4, 0.5) is 11.5 Å². The highest BCUT2D eigenvalue weighted by molar-refractivity contribution is 14.1. The normalized spacial score (nSPS) is 10.4. The van der Waals surface area contributed by atoms with Gasteiger partial charge in [0.1, 0.15) is 22.7 Å². The Hall–Kier alpha value is -3.16. The van der Waals surface area contributed by atoms with E-state index in [4.69, 9.17) is 5.73 Å². The van der Waals surface area contributed by atoms with Gasteiger partial charge in [-0.15, -0.1) is 0 Å². The first-order chi connectivity index (χ1) is 11.6. The molecule has 6 N–H and O–H groups in total. The summed E-state index contributed by atoms with van der Waals surface area (Å²) in [6.45, 7) is 0. The molecule has 0 aliphatic heterocycles. The zero-order chi connectivity index (χ0) is 19.0. The van der Waals surface area contributed by atoms with Crippen molar-refractivity contribution in [3.8, 4) is 16.9 Å². The van der Waals surface area contributed by atoms with Crippen LogP contribution in [0.5, 0.6) is 5.75 Å². The summed E-state index contributed by atoms with van der Waals surface area (Å²) in [7, 11) is 0. The molecule has 0 saturated heterocycles. The molecule has 0 spiro atoms. The lowest BCUT2D eigenvalue weighted by Crippen LogP contribution is -2.24. The lowest BCUT2D eigenvalue weighted by molar-refractivity contribution is -0.384. The number of nitro benzene ring substituents is 1. The van der Waals surface area contributed by atoms with Crippen molar-refractivity contribution < 1.29 is 29.8 Å². The maximum Gasteiger partial charge on any atom is 0.342 e. The molecule has 1 aromatic heterocycles. The maximum atomic E-state index is 11.9. The van der Waals surface area contributed by atoms with Gasteiger partial charge in [-0.05, 0) is 22.6 Å². The van der Waals surface area contributed by atoms with E-state index in [9.17, 15) is 39.8 Å². The van der Waals surface area contributed by atoms with Crippen molar-refractivity contribution >= 4 is 46.0 Å². The fourth-order valence-electron chi connectivity index (χ4n) is 2.20. The number of halogens is 1. The summed E-state index contributed by atoms with van der Waals surface area (Å²) in [5, 5.41) is 39.8. The van der Waals surface area contributed by atoms with Crippen LogP contribution in [-0.2, 0) is 0 Å². The van der Waals surface area contributed by atoms with Crippen LogP contribution in [0.3, 0.4) is 0 Å². The summed E-state index contributed by atoms with van der Waals surface area (Å²) in [6, 6.07) is 1.77. The minimum absolute atomic E-state index is 0.0478. The molecule has 0 amide bonds. The third kappa shape index (κ3) is 3.10. The molecule has 12 heteroatoms. The predicted molar refractivity (Wildman–Crippen MR) is 91.9 cm³/mol. The number of hydrogen-bond donors (Lipinski definition) is 5. The Morgan fingerprint density at radius 1 is 1.20 bits per heavy atom. The molecule has 0 aliphatic carbocycles. The molecule has 130 valence electrons. The van der Waals surface area contributed by atoms with Crippen molar-refractivity contribution in [1.82, 2.24) is 4.98 Å². The molecule has 0 atom stereocenters. The summed E-state index contributed by atoms with van der Waals surface area (Å²) >= 11 is 1.54. The number of nitro groups is 1. The Labute approximate surface area is 151 Å². The van der Waals surface area contributed by atoms with Gasteiger partial charge >= 0.3 is 11.9 Å². The van der Waals surface area contributed by atoms with Crippen LogP contribution < -0.4 is 11.3 Å². The average molecular weight is 461 g/mol. The smallest absolute Gasteiger partial charge is 0.342 e. The first kappa shape index (κ1) is 18.2. The number of nitrogen functional groups attached to an aromatic ring is 1. The second-order valence-corrected chi connectivity index (χ2v) is 5.85. The summed E-state index contributed by atoms with van der Waals surface area (Å²) in [6.07, 6.45) is 0. The number of hydrogen-bond acceptors (Lipinski definition) is 7. The van der Waals surface area contributed by atoms with Gasteiger partial charge in [0.2, 0.25) is 0 Å². The molecule has 0 radical (unpaired) electrons. The molecule has 0 bridgehead atoms. The van der Waals surface area contributed by atoms with Gasteiger partial charge in [-0.1, -0.05) is 0 Å². The summed E-state index contributed by atoms with van der Waals surface area (Å²) < 4.78 is -0.0478. The molecule has 0 fully saturated rings. The van der Waals surface area contributed by atoms with Crippen LogP contribution in [0.25, 0.3) is 11.1 Å². The number of pyridine rings is 1. The Kier molecular flexibility index (Phi) is 4.64. The molecule has 2 aromatic rings. The lowest BCUT2D eigenvalue weighted by Gasteiger charge is -2.14. The quantitative estimate of drug-likeness (QED) is 0.253. The number of nitrogens with zero attached hydrogens (tertiary/aromatic N) is 1. The first-order valence-electron chi connectivity index (χ1n) is 6.25. The van der Waals surface area contributed by atoms with Crippen molar-refractivity contribution in [2.24, 2.45) is 0 Å². The highest BCUT2D eigenvalue weighted by atomic mass is 127. The molecule has 1 heterocycles. The highest BCUT2D eigenvalue weighted by Gasteiger charge is 2.30. The van der Waals surface area contributed by atoms with Crippen molar-refractivity contribution in [2.75, 3.05) is 5.73 Å². The van der Waals surface area contributed by atoms with Crippen molar-refractivity contribution in [2.45, 2.75) is 0 Å². The van der Waals surface area contributed by atoms with Gasteiger partial charge in [-0.2, -0.15) is 0 Å². The summed E-state index contributed by atoms with van der Waals surface area (Å²) in [5.74, 6) is -4.76. The van der Waals surface area contributed by atoms with E-state index in [2.05, 4.69) is 0 Å². The molecule has 0 unspecified atom stereocenters. The second-order valence-electron chi connectivity index (χ2n) is 4.68. The second kappa shape index (κ2) is 6.39. The molecule has 25 heavy (non-hydrogen) atoms. The van der Waals surface area contributed by atoms with Crippen LogP contribution in [0.2, 0.25) is 0 Å². The number of phenols is 1. The number of carboxylic acids is 2. The molecule has 0 saturated carbocycles. The number of aromatic hydroxyl groups is 1.